The minimum Gasteiger partial charge on any atom is -0.465 e. The highest BCUT2D eigenvalue weighted by molar-refractivity contribution is 6.31. The zero-order chi connectivity index (χ0) is 18.0. The van der Waals surface area contributed by atoms with Crippen LogP contribution in [0.2, 0.25) is 5.02 Å². The van der Waals surface area contributed by atoms with Gasteiger partial charge >= 0.3 is 6.09 Å². The zero-order valence-corrected chi connectivity index (χ0v) is 14.1. The van der Waals surface area contributed by atoms with Crippen LogP contribution in [0.5, 0.6) is 0 Å². The van der Waals surface area contributed by atoms with E-state index in [1.807, 2.05) is 6.92 Å². The van der Waals surface area contributed by atoms with Gasteiger partial charge in [0, 0.05) is 32.9 Å². The SMILES string of the molecule is CC(Nc1cccc(NC(=O)O)c1)c1cc2cc(Cl)ccc2[nH]c1=O. The van der Waals surface area contributed by atoms with Gasteiger partial charge in [-0.2, -0.15) is 0 Å². The molecule has 1 aromatic heterocycles. The molecule has 7 heteroatoms. The Kier molecular flexibility index (Phi) is 4.63. The first kappa shape index (κ1) is 16.9. The Hall–Kier alpha value is -2.99. The van der Waals surface area contributed by atoms with Crippen molar-refractivity contribution < 1.29 is 9.90 Å². The molecule has 0 fully saturated rings. The number of amides is 1. The number of anilines is 2. The highest BCUT2D eigenvalue weighted by Crippen LogP contribution is 2.23. The Bertz CT molecular complexity index is 1000. The average Bonchev–Trinajstić information content (AvgIpc) is 2.54. The van der Waals surface area contributed by atoms with Crippen LogP contribution in [0.15, 0.2) is 53.3 Å². The van der Waals surface area contributed by atoms with Gasteiger partial charge in [-0.15, -0.1) is 0 Å². The summed E-state index contributed by atoms with van der Waals surface area (Å²) in [5, 5.41) is 15.7. The lowest BCUT2D eigenvalue weighted by molar-refractivity contribution is 0.210. The van der Waals surface area contributed by atoms with Gasteiger partial charge in [-0.1, -0.05) is 17.7 Å². The average molecular weight is 358 g/mol. The van der Waals surface area contributed by atoms with Gasteiger partial charge in [0.1, 0.15) is 0 Å². The minimum atomic E-state index is -1.13. The van der Waals surface area contributed by atoms with Crippen LogP contribution in [0.3, 0.4) is 0 Å². The second-order valence-corrected chi connectivity index (χ2v) is 6.10. The van der Waals surface area contributed by atoms with Crippen molar-refractivity contribution in [2.45, 2.75) is 13.0 Å². The van der Waals surface area contributed by atoms with Crippen molar-refractivity contribution in [2.75, 3.05) is 10.6 Å². The van der Waals surface area contributed by atoms with E-state index in [1.54, 1.807) is 48.5 Å². The highest BCUT2D eigenvalue weighted by Gasteiger charge is 2.12. The third kappa shape index (κ3) is 3.92. The largest absolute Gasteiger partial charge is 0.465 e. The van der Waals surface area contributed by atoms with Crippen LogP contribution < -0.4 is 16.2 Å². The molecule has 0 bridgehead atoms. The van der Waals surface area contributed by atoms with Crippen molar-refractivity contribution in [1.29, 1.82) is 0 Å². The fraction of sp³-hybridized carbons (Fsp3) is 0.111. The standard InChI is InChI=1S/C18H16ClN3O3/c1-10(20-13-3-2-4-14(9-13)21-18(24)25)15-8-11-7-12(19)5-6-16(11)22-17(15)23/h2-10,20-21H,1H3,(H,22,23)(H,24,25). The molecular weight excluding hydrogens is 342 g/mol. The number of rotatable bonds is 4. The topological polar surface area (TPSA) is 94.2 Å². The summed E-state index contributed by atoms with van der Waals surface area (Å²) in [5.74, 6) is 0. The van der Waals surface area contributed by atoms with E-state index in [0.29, 0.717) is 22.0 Å². The second-order valence-electron chi connectivity index (χ2n) is 5.66. The summed E-state index contributed by atoms with van der Waals surface area (Å²) in [7, 11) is 0. The van der Waals surface area contributed by atoms with Crippen LogP contribution in [0.25, 0.3) is 10.9 Å². The quantitative estimate of drug-likeness (QED) is 0.555. The molecule has 6 nitrogen and oxygen atoms in total. The molecule has 0 radical (unpaired) electrons. The number of hydrogen-bond donors (Lipinski definition) is 4. The Morgan fingerprint density at radius 2 is 1.92 bits per heavy atom. The van der Waals surface area contributed by atoms with Gasteiger partial charge in [-0.05, 0) is 49.4 Å². The van der Waals surface area contributed by atoms with E-state index in [-0.39, 0.29) is 11.6 Å². The maximum absolute atomic E-state index is 12.3. The fourth-order valence-electron chi connectivity index (χ4n) is 2.65. The normalized spacial score (nSPS) is 11.9. The third-order valence-corrected chi connectivity index (χ3v) is 4.03. The summed E-state index contributed by atoms with van der Waals surface area (Å²) in [6.45, 7) is 1.86. The number of hydrogen-bond acceptors (Lipinski definition) is 3. The van der Waals surface area contributed by atoms with Gasteiger partial charge in [-0.3, -0.25) is 10.1 Å². The number of H-pyrrole nitrogens is 1. The second kappa shape index (κ2) is 6.86. The molecule has 0 spiro atoms. The van der Waals surface area contributed by atoms with Gasteiger partial charge in [-0.25, -0.2) is 4.79 Å². The van der Waals surface area contributed by atoms with Crippen molar-refractivity contribution >= 4 is 40.0 Å². The smallest absolute Gasteiger partial charge is 0.409 e. The molecule has 25 heavy (non-hydrogen) atoms. The van der Waals surface area contributed by atoms with E-state index in [4.69, 9.17) is 16.7 Å². The number of aromatic amines is 1. The fourth-order valence-corrected chi connectivity index (χ4v) is 2.83. The molecule has 0 aliphatic rings. The molecule has 1 heterocycles. The summed E-state index contributed by atoms with van der Waals surface area (Å²) >= 11 is 6.02. The van der Waals surface area contributed by atoms with Crippen molar-refractivity contribution in [3.8, 4) is 0 Å². The molecule has 1 atom stereocenters. The molecule has 0 saturated heterocycles. The van der Waals surface area contributed by atoms with Crippen LogP contribution in [0.4, 0.5) is 16.2 Å². The predicted octanol–water partition coefficient (Wildman–Crippen LogP) is 4.44. The Morgan fingerprint density at radius 3 is 2.68 bits per heavy atom. The minimum absolute atomic E-state index is 0.186. The number of fused-ring (bicyclic) bond motifs is 1. The molecule has 4 N–H and O–H groups in total. The number of halogens is 1. The molecule has 2 aromatic carbocycles. The van der Waals surface area contributed by atoms with E-state index in [2.05, 4.69) is 15.6 Å². The van der Waals surface area contributed by atoms with Crippen LogP contribution in [0, 0.1) is 0 Å². The van der Waals surface area contributed by atoms with Crippen LogP contribution in [-0.2, 0) is 0 Å². The van der Waals surface area contributed by atoms with Gasteiger partial charge in [0.25, 0.3) is 5.56 Å². The molecular formula is C18H16ClN3O3. The van der Waals surface area contributed by atoms with Crippen molar-refractivity contribution in [3.05, 3.63) is 69.5 Å². The first-order chi connectivity index (χ1) is 11.9. The summed E-state index contributed by atoms with van der Waals surface area (Å²) in [6, 6.07) is 13.6. The lowest BCUT2D eigenvalue weighted by atomic mass is 10.1. The first-order valence-corrected chi connectivity index (χ1v) is 7.99. The molecule has 1 unspecified atom stereocenters. The lowest BCUT2D eigenvalue weighted by Gasteiger charge is -2.16. The number of aromatic nitrogens is 1. The van der Waals surface area contributed by atoms with Gasteiger partial charge in [0.15, 0.2) is 0 Å². The van der Waals surface area contributed by atoms with E-state index in [0.717, 1.165) is 10.9 Å². The summed E-state index contributed by atoms with van der Waals surface area (Å²) < 4.78 is 0. The summed E-state index contributed by atoms with van der Waals surface area (Å²) in [6.07, 6.45) is -1.13. The number of pyridine rings is 1. The zero-order valence-electron chi connectivity index (χ0n) is 13.3. The Labute approximate surface area is 148 Å². The van der Waals surface area contributed by atoms with Crippen molar-refractivity contribution in [2.24, 2.45) is 0 Å². The van der Waals surface area contributed by atoms with E-state index < -0.39 is 6.09 Å². The predicted molar refractivity (Wildman–Crippen MR) is 99.7 cm³/mol. The van der Waals surface area contributed by atoms with E-state index >= 15 is 0 Å². The maximum Gasteiger partial charge on any atom is 0.409 e. The molecule has 3 rings (SSSR count). The number of carboxylic acid groups (broad SMARTS) is 1. The summed E-state index contributed by atoms with van der Waals surface area (Å²) in [4.78, 5) is 25.9. The van der Waals surface area contributed by atoms with Gasteiger partial charge in [0.05, 0.1) is 6.04 Å². The van der Waals surface area contributed by atoms with E-state index in [1.165, 1.54) is 0 Å². The van der Waals surface area contributed by atoms with Gasteiger partial charge < -0.3 is 15.4 Å². The first-order valence-electron chi connectivity index (χ1n) is 7.61. The Morgan fingerprint density at radius 1 is 1.16 bits per heavy atom. The number of carbonyl (C=O) groups is 1. The Balaban J connectivity index is 1.89. The molecule has 128 valence electrons. The molecule has 0 aliphatic heterocycles. The third-order valence-electron chi connectivity index (χ3n) is 3.80. The molecule has 1 amide bonds. The van der Waals surface area contributed by atoms with Crippen LogP contribution in [-0.4, -0.2) is 16.2 Å². The molecule has 0 saturated carbocycles. The van der Waals surface area contributed by atoms with Crippen LogP contribution >= 0.6 is 11.6 Å². The molecule has 0 aliphatic carbocycles. The highest BCUT2D eigenvalue weighted by atomic mass is 35.5. The van der Waals surface area contributed by atoms with E-state index in [9.17, 15) is 9.59 Å². The van der Waals surface area contributed by atoms with Crippen molar-refractivity contribution in [3.63, 3.8) is 0 Å². The van der Waals surface area contributed by atoms with Crippen molar-refractivity contribution in [1.82, 2.24) is 4.98 Å². The number of nitrogens with one attached hydrogen (secondary N) is 3. The maximum atomic E-state index is 12.3. The number of benzene rings is 2. The van der Waals surface area contributed by atoms with Gasteiger partial charge in [0.2, 0.25) is 0 Å². The summed E-state index contributed by atoms with van der Waals surface area (Å²) in [5.41, 5.74) is 2.24. The van der Waals surface area contributed by atoms with Crippen LogP contribution in [0.1, 0.15) is 18.5 Å². The monoisotopic (exact) mass is 357 g/mol. The molecule has 3 aromatic rings. The lowest BCUT2D eigenvalue weighted by Crippen LogP contribution is -2.19.